The molecule has 0 bridgehead atoms. The molecule has 0 spiro atoms. The number of hydrogen-bond donors (Lipinski definition) is 0. The van der Waals surface area contributed by atoms with E-state index in [1.807, 2.05) is 0 Å². The van der Waals surface area contributed by atoms with Gasteiger partial charge in [0.25, 0.3) is 0 Å². The van der Waals surface area contributed by atoms with Crippen LogP contribution in [0.2, 0.25) is 24.2 Å². The van der Waals surface area contributed by atoms with Crippen LogP contribution < -0.4 is 5.19 Å². The fraction of sp³-hybridized carbons (Fsp3) is 0.429. The molecular weight excluding hydrogens is 324 g/mol. The maximum absolute atomic E-state index is 7.26. The van der Waals surface area contributed by atoms with Gasteiger partial charge in [0.15, 0.2) is 8.32 Å². The van der Waals surface area contributed by atoms with Gasteiger partial charge in [-0.25, -0.2) is 0 Å². The molecule has 3 rings (SSSR count). The predicted octanol–water partition coefficient (Wildman–Crippen LogP) is 5.57. The first-order valence-electron chi connectivity index (χ1n) is 9.15. The average Bonchev–Trinajstić information content (AvgIpc) is 2.54. The van der Waals surface area contributed by atoms with Gasteiger partial charge in [0, 0.05) is 5.54 Å². The van der Waals surface area contributed by atoms with Crippen LogP contribution in [0.25, 0.3) is 0 Å². The molecule has 1 aliphatic rings. The van der Waals surface area contributed by atoms with Gasteiger partial charge >= 0.3 is 0 Å². The Morgan fingerprint density at radius 2 is 1.33 bits per heavy atom. The first kappa shape index (κ1) is 17.7. The molecule has 1 aliphatic heterocycles. The van der Waals surface area contributed by atoms with Crippen molar-refractivity contribution in [2.24, 2.45) is 0 Å². The Hall–Kier alpha value is -1.17. The summed E-state index contributed by atoms with van der Waals surface area (Å²) in [5.74, 6) is 0. The molecule has 2 aromatic carbocycles. The Morgan fingerprint density at radius 3 is 1.92 bits per heavy atom. The molecular formula is C21H30OSi2. The summed E-state index contributed by atoms with van der Waals surface area (Å²) in [6, 6.07) is 20.2. The lowest BCUT2D eigenvalue weighted by Crippen LogP contribution is -2.66. The zero-order chi connectivity index (χ0) is 17.5. The van der Waals surface area contributed by atoms with Gasteiger partial charge in [0.1, 0.15) is 0 Å². The van der Waals surface area contributed by atoms with Crippen molar-refractivity contribution >= 4 is 21.8 Å². The molecule has 128 valence electrons. The summed E-state index contributed by atoms with van der Waals surface area (Å²) in [4.78, 5) is 0. The molecule has 1 nitrogen and oxygen atoms in total. The minimum atomic E-state index is -2.03. The van der Waals surface area contributed by atoms with Crippen molar-refractivity contribution in [1.82, 2.24) is 0 Å². The minimum Gasteiger partial charge on any atom is -0.451 e. The number of hydrogen-bond acceptors (Lipinski definition) is 1. The summed E-state index contributed by atoms with van der Waals surface area (Å²) in [6.45, 7) is 14.3. The first-order chi connectivity index (χ1) is 11.3. The van der Waals surface area contributed by atoms with E-state index in [4.69, 9.17) is 4.12 Å². The van der Waals surface area contributed by atoms with Crippen LogP contribution >= 0.6 is 0 Å². The normalized spacial score (nSPS) is 21.8. The Labute approximate surface area is 149 Å². The van der Waals surface area contributed by atoms with Crippen LogP contribution in [0.1, 0.15) is 44.4 Å². The third kappa shape index (κ3) is 2.63. The third-order valence-corrected chi connectivity index (χ3v) is 16.1. The number of benzene rings is 2. The molecule has 1 heterocycles. The summed E-state index contributed by atoms with van der Waals surface area (Å²) in [5.41, 5.74) is 4.57. The second-order valence-electron chi connectivity index (χ2n) is 8.21. The van der Waals surface area contributed by atoms with Crippen molar-refractivity contribution in [3.05, 3.63) is 65.7 Å². The predicted molar refractivity (Wildman–Crippen MR) is 109 cm³/mol. The van der Waals surface area contributed by atoms with Gasteiger partial charge in [-0.3, -0.25) is 0 Å². The van der Waals surface area contributed by atoms with E-state index in [0.717, 1.165) is 0 Å². The zero-order valence-electron chi connectivity index (χ0n) is 15.8. The molecule has 0 aromatic heterocycles. The summed E-state index contributed by atoms with van der Waals surface area (Å²) >= 11 is 0. The van der Waals surface area contributed by atoms with E-state index in [1.54, 1.807) is 5.56 Å². The lowest BCUT2D eigenvalue weighted by molar-refractivity contribution is 0.479. The highest BCUT2D eigenvalue weighted by molar-refractivity contribution is 6.96. The van der Waals surface area contributed by atoms with E-state index >= 15 is 0 Å². The van der Waals surface area contributed by atoms with E-state index < -0.39 is 16.6 Å². The van der Waals surface area contributed by atoms with E-state index in [1.165, 1.54) is 10.8 Å². The van der Waals surface area contributed by atoms with Crippen molar-refractivity contribution < 1.29 is 4.12 Å². The summed E-state index contributed by atoms with van der Waals surface area (Å²) < 4.78 is 7.26. The fourth-order valence-corrected chi connectivity index (χ4v) is 16.8. The van der Waals surface area contributed by atoms with Gasteiger partial charge in [0.05, 0.1) is 0 Å². The second-order valence-corrected chi connectivity index (χ2v) is 17.2. The van der Waals surface area contributed by atoms with Gasteiger partial charge in [-0.15, -0.1) is 0 Å². The molecule has 0 saturated heterocycles. The molecule has 1 atom stereocenters. The van der Waals surface area contributed by atoms with Crippen LogP contribution in [0.4, 0.5) is 0 Å². The van der Waals surface area contributed by atoms with Crippen molar-refractivity contribution in [3.63, 3.8) is 0 Å². The van der Waals surface area contributed by atoms with Crippen LogP contribution in [0.5, 0.6) is 0 Å². The molecule has 0 radical (unpaired) electrons. The monoisotopic (exact) mass is 354 g/mol. The third-order valence-electron chi connectivity index (χ3n) is 5.74. The molecule has 0 N–H and O–H groups in total. The maximum Gasteiger partial charge on any atom is 0.206 e. The van der Waals surface area contributed by atoms with Crippen molar-refractivity contribution in [2.45, 2.75) is 57.4 Å². The van der Waals surface area contributed by atoms with Crippen LogP contribution in [0, 0.1) is 0 Å². The first-order valence-corrected chi connectivity index (χ1v) is 14.2. The Kier molecular flexibility index (Phi) is 4.62. The standard InChI is InChI=1S/C21H30OSi2/c1-16(2)24(17(3)4)21(18-12-8-7-9-13-18)19-14-10-11-15-20(19)23(5,6)22-24/h7-17,21H,1-6H3. The molecule has 0 fully saturated rings. The summed E-state index contributed by atoms with van der Waals surface area (Å²) in [6.07, 6.45) is 0. The lowest BCUT2D eigenvalue weighted by Gasteiger charge is -2.54. The molecule has 2 aromatic rings. The zero-order valence-corrected chi connectivity index (χ0v) is 17.8. The number of rotatable bonds is 3. The minimum absolute atomic E-state index is 0.426. The number of fused-ring (bicyclic) bond motifs is 1. The highest BCUT2D eigenvalue weighted by Crippen LogP contribution is 2.50. The van der Waals surface area contributed by atoms with Gasteiger partial charge in [-0.2, -0.15) is 0 Å². The molecule has 1 unspecified atom stereocenters. The topological polar surface area (TPSA) is 9.23 Å². The van der Waals surface area contributed by atoms with E-state index in [2.05, 4.69) is 95.4 Å². The maximum atomic E-state index is 7.26. The Bertz CT molecular complexity index is 699. The summed E-state index contributed by atoms with van der Waals surface area (Å²) in [5, 5.41) is 1.49. The molecule has 3 heteroatoms. The second kappa shape index (κ2) is 6.28. The van der Waals surface area contributed by atoms with Gasteiger partial charge in [-0.1, -0.05) is 82.3 Å². The van der Waals surface area contributed by atoms with Gasteiger partial charge < -0.3 is 4.12 Å². The van der Waals surface area contributed by atoms with Crippen LogP contribution in [0.3, 0.4) is 0 Å². The SMILES string of the molecule is CC(C)[Si]1(C(C)C)O[Si](C)(C)c2ccccc2C1c1ccccc1. The van der Waals surface area contributed by atoms with Crippen LogP contribution in [-0.2, 0) is 4.12 Å². The highest BCUT2D eigenvalue weighted by Gasteiger charge is 2.57. The van der Waals surface area contributed by atoms with Crippen LogP contribution in [0.15, 0.2) is 54.6 Å². The largest absolute Gasteiger partial charge is 0.451 e. The molecule has 0 saturated carbocycles. The van der Waals surface area contributed by atoms with Crippen molar-refractivity contribution in [2.75, 3.05) is 0 Å². The van der Waals surface area contributed by atoms with Gasteiger partial charge in [0.2, 0.25) is 8.32 Å². The Morgan fingerprint density at radius 1 is 0.792 bits per heavy atom. The van der Waals surface area contributed by atoms with E-state index in [9.17, 15) is 0 Å². The molecule has 0 aliphatic carbocycles. The summed E-state index contributed by atoms with van der Waals surface area (Å²) in [7, 11) is -3.92. The average molecular weight is 355 g/mol. The molecule has 0 amide bonds. The van der Waals surface area contributed by atoms with E-state index in [-0.39, 0.29) is 0 Å². The fourth-order valence-electron chi connectivity index (χ4n) is 4.75. The van der Waals surface area contributed by atoms with Gasteiger partial charge in [-0.05, 0) is 40.5 Å². The quantitative estimate of drug-likeness (QED) is 0.655. The van der Waals surface area contributed by atoms with Crippen LogP contribution in [-0.4, -0.2) is 16.6 Å². The van der Waals surface area contributed by atoms with E-state index in [0.29, 0.717) is 16.6 Å². The highest BCUT2D eigenvalue weighted by atomic mass is 28.4. The van der Waals surface area contributed by atoms with Crippen molar-refractivity contribution in [1.29, 1.82) is 0 Å². The van der Waals surface area contributed by atoms with Crippen molar-refractivity contribution in [3.8, 4) is 0 Å². The smallest absolute Gasteiger partial charge is 0.206 e. The molecule has 24 heavy (non-hydrogen) atoms. The lowest BCUT2D eigenvalue weighted by atomic mass is 10.0. The Balaban J connectivity index is 2.33.